The first-order valence-electron chi connectivity index (χ1n) is 5.80. The molecule has 0 saturated carbocycles. The van der Waals surface area contributed by atoms with Crippen molar-refractivity contribution in [1.82, 2.24) is 0 Å². The van der Waals surface area contributed by atoms with E-state index in [1.54, 1.807) is 25.6 Å². The van der Waals surface area contributed by atoms with Crippen LogP contribution in [0.1, 0.15) is 22.0 Å². The zero-order valence-electron chi connectivity index (χ0n) is 11.1. The van der Waals surface area contributed by atoms with Crippen LogP contribution in [0.2, 0.25) is 0 Å². The number of halogens is 1. The van der Waals surface area contributed by atoms with Gasteiger partial charge in [-0.1, -0.05) is 6.07 Å². The number of ether oxygens (including phenoxy) is 2. The standard InChI is InChI=1S/C14H16BrNO2S/c1-8-9(7-12(15)19-8)14(16)13-10(17-2)5-4-6-11(13)18-3/h4-7,14H,16H2,1-3H3. The molecule has 1 unspecified atom stereocenters. The van der Waals surface area contributed by atoms with Gasteiger partial charge in [-0.05, 0) is 46.6 Å². The summed E-state index contributed by atoms with van der Waals surface area (Å²) in [5, 5.41) is 0. The summed E-state index contributed by atoms with van der Waals surface area (Å²) in [6.45, 7) is 2.06. The average Bonchev–Trinajstić information content (AvgIpc) is 2.75. The molecule has 102 valence electrons. The highest BCUT2D eigenvalue weighted by Gasteiger charge is 2.21. The van der Waals surface area contributed by atoms with Gasteiger partial charge in [-0.3, -0.25) is 0 Å². The summed E-state index contributed by atoms with van der Waals surface area (Å²) in [6.07, 6.45) is 0. The smallest absolute Gasteiger partial charge is 0.127 e. The molecule has 1 heterocycles. The van der Waals surface area contributed by atoms with Crippen molar-refractivity contribution in [3.8, 4) is 11.5 Å². The topological polar surface area (TPSA) is 44.5 Å². The Morgan fingerprint density at radius 2 is 1.79 bits per heavy atom. The highest BCUT2D eigenvalue weighted by atomic mass is 79.9. The molecule has 3 nitrogen and oxygen atoms in total. The van der Waals surface area contributed by atoms with Crippen LogP contribution in [-0.2, 0) is 0 Å². The maximum absolute atomic E-state index is 6.41. The minimum absolute atomic E-state index is 0.270. The third-order valence-electron chi connectivity index (χ3n) is 3.04. The Balaban J connectivity index is 2.54. The van der Waals surface area contributed by atoms with Crippen molar-refractivity contribution in [1.29, 1.82) is 0 Å². The first-order chi connectivity index (χ1) is 9.08. The number of hydrogen-bond donors (Lipinski definition) is 1. The van der Waals surface area contributed by atoms with Crippen molar-refractivity contribution in [2.75, 3.05) is 14.2 Å². The summed E-state index contributed by atoms with van der Waals surface area (Å²) >= 11 is 5.17. The van der Waals surface area contributed by atoms with Crippen LogP contribution in [-0.4, -0.2) is 14.2 Å². The van der Waals surface area contributed by atoms with Crippen molar-refractivity contribution in [3.63, 3.8) is 0 Å². The van der Waals surface area contributed by atoms with Crippen molar-refractivity contribution >= 4 is 27.3 Å². The summed E-state index contributed by atoms with van der Waals surface area (Å²) < 4.78 is 11.9. The van der Waals surface area contributed by atoms with E-state index in [-0.39, 0.29) is 6.04 Å². The number of benzene rings is 1. The average molecular weight is 342 g/mol. The third-order valence-corrected chi connectivity index (χ3v) is 4.61. The van der Waals surface area contributed by atoms with Crippen LogP contribution in [0.15, 0.2) is 28.1 Å². The molecule has 0 saturated heterocycles. The molecule has 0 radical (unpaired) electrons. The quantitative estimate of drug-likeness (QED) is 0.917. The lowest BCUT2D eigenvalue weighted by molar-refractivity contribution is 0.382. The van der Waals surface area contributed by atoms with Crippen molar-refractivity contribution in [2.45, 2.75) is 13.0 Å². The van der Waals surface area contributed by atoms with Gasteiger partial charge in [0.2, 0.25) is 0 Å². The highest BCUT2D eigenvalue weighted by Crippen LogP contribution is 2.39. The Bertz CT molecular complexity index is 561. The SMILES string of the molecule is COc1cccc(OC)c1C(N)c1cc(Br)sc1C. The maximum atomic E-state index is 6.41. The highest BCUT2D eigenvalue weighted by molar-refractivity contribution is 9.11. The first-order valence-corrected chi connectivity index (χ1v) is 7.41. The zero-order chi connectivity index (χ0) is 14.0. The van der Waals surface area contributed by atoms with Gasteiger partial charge in [-0.2, -0.15) is 0 Å². The van der Waals surface area contributed by atoms with Crippen LogP contribution in [0.3, 0.4) is 0 Å². The van der Waals surface area contributed by atoms with Crippen LogP contribution >= 0.6 is 27.3 Å². The Morgan fingerprint density at radius 1 is 1.21 bits per heavy atom. The molecule has 5 heteroatoms. The van der Waals surface area contributed by atoms with Crippen molar-refractivity contribution < 1.29 is 9.47 Å². The Hall–Kier alpha value is -1.04. The van der Waals surface area contributed by atoms with Crippen molar-refractivity contribution in [3.05, 3.63) is 44.1 Å². The lowest BCUT2D eigenvalue weighted by Gasteiger charge is -2.19. The fourth-order valence-electron chi connectivity index (χ4n) is 2.11. The number of rotatable bonds is 4. The molecule has 1 atom stereocenters. The maximum Gasteiger partial charge on any atom is 0.127 e. The molecular formula is C14H16BrNO2S. The molecular weight excluding hydrogens is 326 g/mol. The molecule has 2 rings (SSSR count). The Labute approximate surface area is 125 Å². The molecule has 0 aliphatic heterocycles. The van der Waals surface area contributed by atoms with E-state index in [0.717, 1.165) is 26.4 Å². The van der Waals surface area contributed by atoms with Crippen LogP contribution in [0.4, 0.5) is 0 Å². The molecule has 0 bridgehead atoms. The van der Waals surface area contributed by atoms with Gasteiger partial charge in [0.05, 0.1) is 29.6 Å². The Morgan fingerprint density at radius 3 is 2.21 bits per heavy atom. The second kappa shape index (κ2) is 5.94. The predicted octanol–water partition coefficient (Wildman–Crippen LogP) is 3.88. The second-order valence-electron chi connectivity index (χ2n) is 4.12. The van der Waals surface area contributed by atoms with Crippen LogP contribution in [0, 0.1) is 6.92 Å². The Kier molecular flexibility index (Phi) is 4.50. The van der Waals surface area contributed by atoms with E-state index in [2.05, 4.69) is 28.9 Å². The van der Waals surface area contributed by atoms with Crippen molar-refractivity contribution in [2.24, 2.45) is 5.73 Å². The fraction of sp³-hybridized carbons (Fsp3) is 0.286. The molecule has 0 fully saturated rings. The van der Waals surface area contributed by atoms with E-state index in [9.17, 15) is 0 Å². The van der Waals surface area contributed by atoms with E-state index < -0.39 is 0 Å². The van der Waals surface area contributed by atoms with E-state index in [4.69, 9.17) is 15.2 Å². The molecule has 0 aliphatic carbocycles. The molecule has 19 heavy (non-hydrogen) atoms. The summed E-state index contributed by atoms with van der Waals surface area (Å²) in [6, 6.07) is 7.47. The van der Waals surface area contributed by atoms with Gasteiger partial charge in [-0.15, -0.1) is 11.3 Å². The molecule has 2 N–H and O–H groups in total. The summed E-state index contributed by atoms with van der Waals surface area (Å²) in [5.41, 5.74) is 8.37. The summed E-state index contributed by atoms with van der Waals surface area (Å²) in [5.74, 6) is 1.49. The minimum Gasteiger partial charge on any atom is -0.496 e. The third kappa shape index (κ3) is 2.78. The largest absolute Gasteiger partial charge is 0.496 e. The lowest BCUT2D eigenvalue weighted by atomic mass is 9.98. The van der Waals surface area contributed by atoms with Gasteiger partial charge in [0.25, 0.3) is 0 Å². The van der Waals surface area contributed by atoms with Gasteiger partial charge < -0.3 is 15.2 Å². The minimum atomic E-state index is -0.270. The predicted molar refractivity (Wildman–Crippen MR) is 82.3 cm³/mol. The molecule has 2 aromatic rings. The number of nitrogens with two attached hydrogens (primary N) is 1. The van der Waals surface area contributed by atoms with Gasteiger partial charge in [0.15, 0.2) is 0 Å². The van der Waals surface area contributed by atoms with Crippen LogP contribution < -0.4 is 15.2 Å². The lowest BCUT2D eigenvalue weighted by Crippen LogP contribution is -2.14. The van der Waals surface area contributed by atoms with Gasteiger partial charge in [0, 0.05) is 4.88 Å². The molecule has 0 aliphatic rings. The van der Waals surface area contributed by atoms with E-state index in [0.29, 0.717) is 0 Å². The van der Waals surface area contributed by atoms with E-state index in [1.807, 2.05) is 18.2 Å². The van der Waals surface area contributed by atoms with Gasteiger partial charge in [-0.25, -0.2) is 0 Å². The van der Waals surface area contributed by atoms with Gasteiger partial charge in [0.1, 0.15) is 11.5 Å². The summed E-state index contributed by atoms with van der Waals surface area (Å²) in [4.78, 5) is 1.19. The monoisotopic (exact) mass is 341 g/mol. The zero-order valence-corrected chi connectivity index (χ0v) is 13.5. The normalized spacial score (nSPS) is 12.3. The molecule has 1 aromatic carbocycles. The number of hydrogen-bond acceptors (Lipinski definition) is 4. The first kappa shape index (κ1) is 14.4. The second-order valence-corrected chi connectivity index (χ2v) is 6.75. The number of thiophene rings is 1. The van der Waals surface area contributed by atoms with Crippen LogP contribution in [0.25, 0.3) is 0 Å². The van der Waals surface area contributed by atoms with E-state index >= 15 is 0 Å². The number of aryl methyl sites for hydroxylation is 1. The van der Waals surface area contributed by atoms with E-state index in [1.165, 1.54) is 4.88 Å². The summed E-state index contributed by atoms with van der Waals surface area (Å²) in [7, 11) is 3.28. The van der Waals surface area contributed by atoms with Gasteiger partial charge >= 0.3 is 0 Å². The molecule has 0 amide bonds. The number of methoxy groups -OCH3 is 2. The molecule has 0 spiro atoms. The fourth-order valence-corrected chi connectivity index (χ4v) is 3.87. The van der Waals surface area contributed by atoms with Crippen LogP contribution in [0.5, 0.6) is 11.5 Å². The molecule has 1 aromatic heterocycles.